The lowest BCUT2D eigenvalue weighted by Crippen LogP contribution is -2.57. The second kappa shape index (κ2) is 18.8. The predicted molar refractivity (Wildman–Crippen MR) is 135 cm³/mol. The van der Waals surface area contributed by atoms with E-state index in [-0.39, 0.29) is 5.91 Å². The molecule has 0 aromatic heterocycles. The van der Waals surface area contributed by atoms with E-state index in [4.69, 9.17) is 9.05 Å². The summed E-state index contributed by atoms with van der Waals surface area (Å²) in [7, 11) is 3.78. The number of carbonyl (C=O) groups is 1. The smallest absolute Gasteiger partial charge is 0.327 e. The second-order valence-electron chi connectivity index (χ2n) is 10.4. The van der Waals surface area contributed by atoms with Crippen molar-refractivity contribution in [1.82, 2.24) is 5.32 Å². The molecule has 2 unspecified atom stereocenters. The summed E-state index contributed by atoms with van der Waals surface area (Å²) in [6.45, 7) is 6.86. The number of rotatable bonds is 22. The summed E-state index contributed by atoms with van der Waals surface area (Å²) in [5, 5.41) is 2.96. The Kier molecular flexibility index (Phi) is 18.5. The van der Waals surface area contributed by atoms with Crippen molar-refractivity contribution >= 4 is 14.2 Å². The highest BCUT2D eigenvalue weighted by molar-refractivity contribution is 7.33. The molecule has 0 spiro atoms. The molecule has 0 fully saturated rings. The van der Waals surface area contributed by atoms with Gasteiger partial charge in [-0.3, -0.25) is 4.79 Å². The number of unbranched alkanes of at least 4 members (excludes halogenated alkanes) is 12. The quantitative estimate of drug-likeness (QED) is 0.0783. The third-order valence-electron chi connectivity index (χ3n) is 5.36. The monoisotopic (exact) mass is 476 g/mol. The fourth-order valence-electron chi connectivity index (χ4n) is 4.01. The van der Waals surface area contributed by atoms with E-state index in [9.17, 15) is 9.36 Å². The number of carbonyl (C=O) groups excluding carboxylic acids is 1. The third kappa shape index (κ3) is 20.1. The molecule has 0 aromatic rings. The molecular weight excluding hydrogens is 423 g/mol. The third-order valence-corrected chi connectivity index (χ3v) is 6.31. The van der Waals surface area contributed by atoms with E-state index in [1.165, 1.54) is 70.6 Å². The maximum absolute atomic E-state index is 12.5. The Balaban J connectivity index is 4.02. The lowest BCUT2D eigenvalue weighted by molar-refractivity contribution is -0.876. The molecule has 1 amide bonds. The normalized spacial score (nSPS) is 14.2. The summed E-state index contributed by atoms with van der Waals surface area (Å²) in [5.41, 5.74) is -1.02. The summed E-state index contributed by atoms with van der Waals surface area (Å²) in [4.78, 5) is 12.5. The van der Waals surface area contributed by atoms with Gasteiger partial charge >= 0.3 is 8.25 Å². The number of nitrogens with zero attached hydrogens (tertiary/aromatic N) is 1. The number of nitrogens with one attached hydrogen (secondary N) is 1. The molecule has 0 heterocycles. The van der Waals surface area contributed by atoms with Crippen LogP contribution in [-0.2, 0) is 18.4 Å². The maximum Gasteiger partial charge on any atom is 0.700 e. The molecule has 2 atom stereocenters. The highest BCUT2D eigenvalue weighted by Crippen LogP contribution is 2.31. The fourth-order valence-corrected chi connectivity index (χ4v) is 4.83. The Labute approximate surface area is 199 Å². The van der Waals surface area contributed by atoms with Crippen LogP contribution < -0.4 is 5.32 Å². The number of hydrogen-bond acceptors (Lipinski definition) is 4. The zero-order valence-corrected chi connectivity index (χ0v) is 22.9. The zero-order chi connectivity index (χ0) is 24.3. The van der Waals surface area contributed by atoms with E-state index < -0.39 is 14.0 Å². The van der Waals surface area contributed by atoms with Gasteiger partial charge in [0, 0.05) is 11.0 Å². The largest absolute Gasteiger partial charge is 0.700 e. The Morgan fingerprint density at radius 2 is 1.28 bits per heavy atom. The van der Waals surface area contributed by atoms with Crippen LogP contribution in [0.1, 0.15) is 117 Å². The van der Waals surface area contributed by atoms with Gasteiger partial charge in [-0.15, -0.1) is 4.52 Å². The minimum atomic E-state index is -2.26. The standard InChI is InChI=1S/C25H52N2O4P/c1-7-9-10-11-12-13-14-15-16-17-18-19-20-21-24(28)26-25(3,23-27(4,5)6)31-32(29)30-22-8-2/h7-23H2,1-6H3/q+1/p+1. The molecule has 32 heavy (non-hydrogen) atoms. The average Bonchev–Trinajstić information content (AvgIpc) is 2.68. The first kappa shape index (κ1) is 31.4. The van der Waals surface area contributed by atoms with Crippen molar-refractivity contribution in [3.8, 4) is 0 Å². The van der Waals surface area contributed by atoms with Gasteiger partial charge in [0.25, 0.3) is 0 Å². The molecule has 7 heteroatoms. The maximum atomic E-state index is 12.5. The van der Waals surface area contributed by atoms with Gasteiger partial charge in [-0.2, -0.15) is 0 Å². The van der Waals surface area contributed by atoms with E-state index in [1.807, 2.05) is 28.1 Å². The minimum absolute atomic E-state index is 0.0529. The molecule has 0 saturated heterocycles. The lowest BCUT2D eigenvalue weighted by atomic mass is 10.0. The fraction of sp³-hybridized carbons (Fsp3) is 0.960. The summed E-state index contributed by atoms with van der Waals surface area (Å²) < 4.78 is 23.5. The average molecular weight is 477 g/mol. The van der Waals surface area contributed by atoms with Gasteiger partial charge in [0.15, 0.2) is 0 Å². The summed E-state index contributed by atoms with van der Waals surface area (Å²) in [6, 6.07) is 0. The first-order valence-corrected chi connectivity index (χ1v) is 14.1. The van der Waals surface area contributed by atoms with Crippen LogP contribution in [0.15, 0.2) is 0 Å². The number of amides is 1. The molecule has 0 rings (SSSR count). The molecule has 0 saturated carbocycles. The molecule has 0 radical (unpaired) electrons. The topological polar surface area (TPSA) is 64.6 Å². The van der Waals surface area contributed by atoms with E-state index in [0.717, 1.165) is 19.3 Å². The number of quaternary nitrogens is 1. The van der Waals surface area contributed by atoms with Gasteiger partial charge in [-0.25, -0.2) is 0 Å². The van der Waals surface area contributed by atoms with Crippen LogP contribution in [0, 0.1) is 0 Å². The van der Waals surface area contributed by atoms with E-state index in [1.54, 1.807) is 6.92 Å². The molecule has 0 aliphatic rings. The second-order valence-corrected chi connectivity index (χ2v) is 11.3. The van der Waals surface area contributed by atoms with E-state index in [0.29, 0.717) is 24.1 Å². The molecule has 6 nitrogen and oxygen atoms in total. The van der Waals surface area contributed by atoms with Gasteiger partial charge in [0.05, 0.1) is 21.1 Å². The van der Waals surface area contributed by atoms with Crippen LogP contribution in [-0.4, -0.2) is 50.4 Å². The highest BCUT2D eigenvalue weighted by Gasteiger charge is 2.43. The number of likely N-dealkylation sites (N-methyl/N-ethyl adjacent to an activating group) is 1. The van der Waals surface area contributed by atoms with Crippen molar-refractivity contribution in [2.45, 2.75) is 123 Å². The van der Waals surface area contributed by atoms with Gasteiger partial charge in [-0.05, 0) is 19.8 Å². The zero-order valence-electron chi connectivity index (χ0n) is 22.0. The highest BCUT2D eigenvalue weighted by atomic mass is 31.1. The van der Waals surface area contributed by atoms with Crippen molar-refractivity contribution in [2.24, 2.45) is 0 Å². The first-order valence-electron chi connectivity index (χ1n) is 13.0. The van der Waals surface area contributed by atoms with Crippen LogP contribution >= 0.6 is 8.25 Å². The van der Waals surface area contributed by atoms with E-state index >= 15 is 0 Å². The molecule has 0 bridgehead atoms. The minimum Gasteiger partial charge on any atom is -0.327 e. The van der Waals surface area contributed by atoms with Crippen molar-refractivity contribution < 1.29 is 22.9 Å². The van der Waals surface area contributed by atoms with Crippen LogP contribution in [0.4, 0.5) is 0 Å². The van der Waals surface area contributed by atoms with Crippen LogP contribution in [0.25, 0.3) is 0 Å². The van der Waals surface area contributed by atoms with Gasteiger partial charge in [-0.1, -0.05) is 95.4 Å². The molecule has 0 aliphatic heterocycles. The molecular formula is C25H53N2O4P+2. The van der Waals surface area contributed by atoms with Crippen molar-refractivity contribution in [1.29, 1.82) is 0 Å². The van der Waals surface area contributed by atoms with Crippen molar-refractivity contribution in [3.63, 3.8) is 0 Å². The Bertz CT molecular complexity index is 497. The van der Waals surface area contributed by atoms with Crippen LogP contribution in [0.3, 0.4) is 0 Å². The summed E-state index contributed by atoms with van der Waals surface area (Å²) in [6.07, 6.45) is 17.9. The lowest BCUT2D eigenvalue weighted by Gasteiger charge is -2.33. The summed E-state index contributed by atoms with van der Waals surface area (Å²) >= 11 is 0. The number of hydrogen-bond donors (Lipinski definition) is 1. The van der Waals surface area contributed by atoms with Crippen LogP contribution in [0.5, 0.6) is 0 Å². The van der Waals surface area contributed by atoms with E-state index in [2.05, 4.69) is 12.2 Å². The first-order chi connectivity index (χ1) is 15.1. The molecule has 1 N–H and O–H groups in total. The van der Waals surface area contributed by atoms with Gasteiger partial charge < -0.3 is 9.80 Å². The molecule has 190 valence electrons. The molecule has 0 aromatic carbocycles. The Morgan fingerprint density at radius 1 is 0.812 bits per heavy atom. The van der Waals surface area contributed by atoms with Crippen molar-refractivity contribution in [3.05, 3.63) is 0 Å². The van der Waals surface area contributed by atoms with Crippen molar-refractivity contribution in [2.75, 3.05) is 34.3 Å². The Hall–Kier alpha value is -0.550. The SMILES string of the molecule is CCCCCCCCCCCCCCCC(=O)NC(C)(C[N+](C)(C)C)O[P+](=O)OCCC. The molecule has 0 aliphatic carbocycles. The van der Waals surface area contributed by atoms with Gasteiger partial charge in [0.1, 0.15) is 13.2 Å². The predicted octanol–water partition coefficient (Wildman–Crippen LogP) is 7.11. The summed E-state index contributed by atoms with van der Waals surface area (Å²) in [5.74, 6) is -0.0529. The van der Waals surface area contributed by atoms with Gasteiger partial charge in [0.2, 0.25) is 11.6 Å². The van der Waals surface area contributed by atoms with Crippen LogP contribution in [0.2, 0.25) is 0 Å². The Morgan fingerprint density at radius 3 is 1.72 bits per heavy atom.